The van der Waals surface area contributed by atoms with Crippen LogP contribution in [0.15, 0.2) is 67.0 Å². The first-order valence-electron chi connectivity index (χ1n) is 8.56. The molecule has 0 bridgehead atoms. The molecular formula is C20H12ClF3N4O2. The summed E-state index contributed by atoms with van der Waals surface area (Å²) in [5.41, 5.74) is -0.255. The molecule has 0 aliphatic heterocycles. The maximum Gasteiger partial charge on any atom is 0.416 e. The van der Waals surface area contributed by atoms with Crippen LogP contribution in [0.2, 0.25) is 5.28 Å². The molecule has 152 valence electrons. The number of carbonyl (C=O) groups is 1. The van der Waals surface area contributed by atoms with Crippen LogP contribution in [0.1, 0.15) is 5.56 Å². The van der Waals surface area contributed by atoms with Gasteiger partial charge in [0.2, 0.25) is 11.2 Å². The number of hydrogen-bond acceptors (Lipinski definition) is 4. The topological polar surface area (TPSA) is 69.0 Å². The number of halogens is 4. The normalized spacial score (nSPS) is 11.5. The summed E-state index contributed by atoms with van der Waals surface area (Å²) in [5.74, 6) is 0.726. The van der Waals surface area contributed by atoms with E-state index < -0.39 is 17.8 Å². The summed E-state index contributed by atoms with van der Waals surface area (Å²) >= 11 is 5.73. The van der Waals surface area contributed by atoms with Crippen LogP contribution in [0, 0.1) is 0 Å². The molecular weight excluding hydrogens is 421 g/mol. The van der Waals surface area contributed by atoms with Gasteiger partial charge in [-0.05, 0) is 54.1 Å². The highest BCUT2D eigenvalue weighted by atomic mass is 35.5. The Kier molecular flexibility index (Phi) is 5.04. The molecule has 10 heteroatoms. The molecule has 0 fully saturated rings. The van der Waals surface area contributed by atoms with Gasteiger partial charge in [0.05, 0.1) is 11.1 Å². The number of benzene rings is 2. The van der Waals surface area contributed by atoms with Gasteiger partial charge in [-0.25, -0.2) is 9.78 Å². The van der Waals surface area contributed by atoms with Gasteiger partial charge in [0, 0.05) is 29.5 Å². The third kappa shape index (κ3) is 4.20. The molecule has 2 aromatic carbocycles. The molecule has 1 N–H and O–H groups in total. The van der Waals surface area contributed by atoms with Crippen LogP contribution in [0.25, 0.3) is 10.9 Å². The van der Waals surface area contributed by atoms with Crippen LogP contribution in [0.4, 0.5) is 23.7 Å². The molecule has 1 amide bonds. The van der Waals surface area contributed by atoms with E-state index in [2.05, 4.69) is 15.3 Å². The molecule has 0 aliphatic carbocycles. The van der Waals surface area contributed by atoms with Crippen molar-refractivity contribution in [1.82, 2.24) is 14.5 Å². The summed E-state index contributed by atoms with van der Waals surface area (Å²) in [6, 6.07) is 12.0. The third-order valence-electron chi connectivity index (χ3n) is 4.14. The van der Waals surface area contributed by atoms with E-state index in [1.807, 2.05) is 0 Å². The Morgan fingerprint density at radius 1 is 1.10 bits per heavy atom. The van der Waals surface area contributed by atoms with Crippen LogP contribution >= 0.6 is 11.6 Å². The summed E-state index contributed by atoms with van der Waals surface area (Å²) in [6.45, 7) is 0. The van der Waals surface area contributed by atoms with Gasteiger partial charge in [-0.3, -0.25) is 4.57 Å². The van der Waals surface area contributed by atoms with Crippen LogP contribution in [0.3, 0.4) is 0 Å². The summed E-state index contributed by atoms with van der Waals surface area (Å²) < 4.78 is 45.5. The SMILES string of the molecule is O=C(Nc1cccc(C(F)(F)F)c1)n1ccc2cc(Oc3ccnc(Cl)n3)ccc21. The second-order valence-corrected chi connectivity index (χ2v) is 6.52. The molecule has 0 saturated heterocycles. The molecule has 0 atom stereocenters. The number of amides is 1. The number of hydrogen-bond donors (Lipinski definition) is 1. The van der Waals surface area contributed by atoms with E-state index >= 15 is 0 Å². The fourth-order valence-electron chi connectivity index (χ4n) is 2.82. The Labute approximate surface area is 172 Å². The number of aromatic nitrogens is 3. The van der Waals surface area contributed by atoms with Gasteiger partial charge in [-0.1, -0.05) is 6.07 Å². The molecule has 0 saturated carbocycles. The van der Waals surface area contributed by atoms with Crippen LogP contribution in [-0.2, 0) is 6.18 Å². The Balaban J connectivity index is 1.55. The summed E-state index contributed by atoms with van der Waals surface area (Å²) in [5, 5.41) is 3.20. The average Bonchev–Trinajstić information content (AvgIpc) is 3.11. The van der Waals surface area contributed by atoms with Crippen molar-refractivity contribution in [3.8, 4) is 11.6 Å². The first-order valence-corrected chi connectivity index (χ1v) is 8.93. The smallest absolute Gasteiger partial charge is 0.416 e. The molecule has 0 unspecified atom stereocenters. The molecule has 0 aliphatic rings. The third-order valence-corrected chi connectivity index (χ3v) is 4.33. The van der Waals surface area contributed by atoms with Gasteiger partial charge >= 0.3 is 12.2 Å². The minimum atomic E-state index is -4.49. The van der Waals surface area contributed by atoms with Crippen molar-refractivity contribution in [2.75, 3.05) is 5.32 Å². The van der Waals surface area contributed by atoms with E-state index in [0.717, 1.165) is 12.1 Å². The Morgan fingerprint density at radius 3 is 2.70 bits per heavy atom. The average molecular weight is 433 g/mol. The van der Waals surface area contributed by atoms with Gasteiger partial charge in [-0.2, -0.15) is 18.2 Å². The first kappa shape index (κ1) is 19.7. The number of rotatable bonds is 3. The van der Waals surface area contributed by atoms with Crippen molar-refractivity contribution in [2.45, 2.75) is 6.18 Å². The van der Waals surface area contributed by atoms with Gasteiger partial charge < -0.3 is 10.1 Å². The highest BCUT2D eigenvalue weighted by Crippen LogP contribution is 2.31. The molecule has 0 spiro atoms. The lowest BCUT2D eigenvalue weighted by Gasteiger charge is -2.11. The standard InChI is InChI=1S/C20H12ClF3N4O2/c21-18-25-8-6-17(27-18)30-15-4-5-16-12(10-15)7-9-28(16)19(29)26-14-3-1-2-13(11-14)20(22,23)24/h1-11H,(H,26,29). The minimum Gasteiger partial charge on any atom is -0.439 e. The molecule has 6 nitrogen and oxygen atoms in total. The van der Waals surface area contributed by atoms with E-state index in [0.29, 0.717) is 16.7 Å². The van der Waals surface area contributed by atoms with Gasteiger partial charge in [0.25, 0.3) is 0 Å². The lowest BCUT2D eigenvalue weighted by atomic mass is 10.2. The largest absolute Gasteiger partial charge is 0.439 e. The summed E-state index contributed by atoms with van der Waals surface area (Å²) in [4.78, 5) is 20.3. The fraction of sp³-hybridized carbons (Fsp3) is 0.0500. The predicted molar refractivity (Wildman–Crippen MR) is 105 cm³/mol. The molecule has 4 aromatic rings. The van der Waals surface area contributed by atoms with E-state index in [-0.39, 0.29) is 16.9 Å². The van der Waals surface area contributed by atoms with Crippen LogP contribution in [-0.4, -0.2) is 20.6 Å². The quantitative estimate of drug-likeness (QED) is 0.404. The zero-order valence-corrected chi connectivity index (χ0v) is 15.8. The second-order valence-electron chi connectivity index (χ2n) is 6.18. The van der Waals surface area contributed by atoms with Crippen molar-refractivity contribution < 1.29 is 22.7 Å². The van der Waals surface area contributed by atoms with Crippen molar-refractivity contribution >= 4 is 34.2 Å². The monoisotopic (exact) mass is 432 g/mol. The number of fused-ring (bicyclic) bond motifs is 1. The predicted octanol–water partition coefficient (Wildman–Crippen LogP) is 5.98. The highest BCUT2D eigenvalue weighted by Gasteiger charge is 2.30. The van der Waals surface area contributed by atoms with Gasteiger partial charge in [0.1, 0.15) is 5.75 Å². The number of anilines is 1. The van der Waals surface area contributed by atoms with Crippen molar-refractivity contribution in [3.05, 3.63) is 77.8 Å². The first-order chi connectivity index (χ1) is 14.3. The number of carbonyl (C=O) groups excluding carboxylic acids is 1. The molecule has 30 heavy (non-hydrogen) atoms. The number of alkyl halides is 3. The zero-order valence-electron chi connectivity index (χ0n) is 15.0. The maximum atomic E-state index is 12.9. The number of ether oxygens (including phenoxy) is 1. The molecule has 0 radical (unpaired) electrons. The lowest BCUT2D eigenvalue weighted by molar-refractivity contribution is -0.137. The summed E-state index contributed by atoms with van der Waals surface area (Å²) in [7, 11) is 0. The minimum absolute atomic E-state index is 0.0391. The summed E-state index contributed by atoms with van der Waals surface area (Å²) in [6.07, 6.45) is -1.53. The zero-order chi connectivity index (χ0) is 21.3. The van der Waals surface area contributed by atoms with Crippen LogP contribution < -0.4 is 10.1 Å². The molecule has 4 rings (SSSR count). The number of nitrogens with zero attached hydrogens (tertiary/aromatic N) is 3. The maximum absolute atomic E-state index is 12.9. The van der Waals surface area contributed by atoms with Crippen molar-refractivity contribution in [2.24, 2.45) is 0 Å². The fourth-order valence-corrected chi connectivity index (χ4v) is 2.96. The Hall–Kier alpha value is -3.59. The van der Waals surface area contributed by atoms with E-state index in [1.54, 1.807) is 30.3 Å². The second kappa shape index (κ2) is 7.68. The van der Waals surface area contributed by atoms with Gasteiger partial charge in [-0.15, -0.1) is 0 Å². The van der Waals surface area contributed by atoms with E-state index in [9.17, 15) is 18.0 Å². The Bertz CT molecular complexity index is 1240. The van der Waals surface area contributed by atoms with E-state index in [1.165, 1.54) is 29.1 Å². The Morgan fingerprint density at radius 2 is 1.93 bits per heavy atom. The van der Waals surface area contributed by atoms with Crippen molar-refractivity contribution in [3.63, 3.8) is 0 Å². The molecule has 2 aromatic heterocycles. The molecule has 2 heterocycles. The van der Waals surface area contributed by atoms with Gasteiger partial charge in [0.15, 0.2) is 0 Å². The van der Waals surface area contributed by atoms with Crippen molar-refractivity contribution in [1.29, 1.82) is 0 Å². The number of nitrogens with one attached hydrogen (secondary N) is 1. The highest BCUT2D eigenvalue weighted by molar-refractivity contribution is 6.28. The lowest BCUT2D eigenvalue weighted by Crippen LogP contribution is -2.18. The van der Waals surface area contributed by atoms with Crippen LogP contribution in [0.5, 0.6) is 11.6 Å². The van der Waals surface area contributed by atoms with E-state index in [4.69, 9.17) is 16.3 Å².